The molecule has 4 heterocycles. The Kier molecular flexibility index (Phi) is 11.1. The Morgan fingerprint density at radius 1 is 1.08 bits per heavy atom. The molecule has 1 N–H and O–H groups in total. The van der Waals surface area contributed by atoms with E-state index < -0.39 is 21.7 Å². The van der Waals surface area contributed by atoms with E-state index in [1.54, 1.807) is 25.4 Å². The number of halogens is 1. The first kappa shape index (κ1) is 36.7. The lowest BCUT2D eigenvalue weighted by Gasteiger charge is -2.43. The van der Waals surface area contributed by atoms with Crippen LogP contribution >= 0.6 is 11.6 Å². The molecular formula is C40H49ClN4O6S. The molecule has 1 unspecified atom stereocenters. The SMILES string of the molecule is CO[C@H]1/C=C/C[C@H](C)CS(=O)(NC(=O)c2cc3n(c2)C[C@@H](C)OC3)=NC(=O)c2ccc3c(c2)N(Cc2ccc(Cl)cc2CCCCO3)C[C@@H]2CC[C@H]21. The smallest absolute Gasteiger partial charge is 0.286 e. The molecule has 52 heavy (non-hydrogen) atoms. The third-order valence-corrected chi connectivity index (χ3v) is 13.1. The van der Waals surface area contributed by atoms with E-state index in [2.05, 4.69) is 38.3 Å². The van der Waals surface area contributed by atoms with Gasteiger partial charge in [0, 0.05) is 49.2 Å². The Balaban J connectivity index is 1.29. The van der Waals surface area contributed by atoms with Gasteiger partial charge < -0.3 is 23.7 Å². The lowest BCUT2D eigenvalue weighted by molar-refractivity contribution is 0.0133. The lowest BCUT2D eigenvalue weighted by atomic mass is 9.70. The molecule has 2 amide bonds. The first-order valence-electron chi connectivity index (χ1n) is 18.5. The Morgan fingerprint density at radius 3 is 2.75 bits per heavy atom. The van der Waals surface area contributed by atoms with E-state index >= 15 is 0 Å². The molecule has 2 aromatic carbocycles. The van der Waals surface area contributed by atoms with Gasteiger partial charge in [0.1, 0.15) is 15.7 Å². The lowest BCUT2D eigenvalue weighted by Crippen LogP contribution is -2.43. The van der Waals surface area contributed by atoms with Crippen molar-refractivity contribution in [2.45, 2.75) is 84.3 Å². The summed E-state index contributed by atoms with van der Waals surface area (Å²) in [4.78, 5) is 30.1. The molecule has 1 aromatic heterocycles. The molecule has 3 aromatic rings. The third-order valence-electron chi connectivity index (χ3n) is 10.9. The molecular weight excluding hydrogens is 700 g/mol. The van der Waals surface area contributed by atoms with E-state index in [1.807, 2.05) is 36.6 Å². The summed E-state index contributed by atoms with van der Waals surface area (Å²) in [5.41, 5.74) is 4.68. The zero-order valence-corrected chi connectivity index (χ0v) is 31.8. The molecule has 3 aliphatic heterocycles. The summed E-state index contributed by atoms with van der Waals surface area (Å²) in [6.45, 7) is 6.81. The molecule has 0 spiro atoms. The van der Waals surface area contributed by atoms with Crippen molar-refractivity contribution in [3.63, 3.8) is 0 Å². The third kappa shape index (κ3) is 8.28. The number of carbonyl (C=O) groups is 2. The Labute approximate surface area is 312 Å². The summed E-state index contributed by atoms with van der Waals surface area (Å²) in [7, 11) is -1.79. The minimum atomic E-state index is -3.55. The highest BCUT2D eigenvalue weighted by Gasteiger charge is 2.38. The monoisotopic (exact) mass is 748 g/mol. The van der Waals surface area contributed by atoms with Crippen LogP contribution in [0, 0.1) is 17.8 Å². The maximum Gasteiger partial charge on any atom is 0.286 e. The quantitative estimate of drug-likeness (QED) is 0.279. The number of amides is 2. The van der Waals surface area contributed by atoms with Gasteiger partial charge in [-0.3, -0.25) is 14.3 Å². The fraction of sp³-hybridized carbons (Fsp3) is 0.500. The number of benzene rings is 2. The number of allylic oxidation sites excluding steroid dienone is 1. The van der Waals surface area contributed by atoms with E-state index in [1.165, 1.54) is 11.1 Å². The summed E-state index contributed by atoms with van der Waals surface area (Å²) in [5.74, 6) is 0.0407. The molecule has 7 rings (SSSR count). The molecule has 1 aliphatic carbocycles. The Hall–Kier alpha value is -3.64. The van der Waals surface area contributed by atoms with Crippen LogP contribution in [0.5, 0.6) is 5.75 Å². The van der Waals surface area contributed by atoms with E-state index in [0.717, 1.165) is 50.0 Å². The zero-order valence-electron chi connectivity index (χ0n) is 30.2. The van der Waals surface area contributed by atoms with Crippen molar-refractivity contribution >= 4 is 39.0 Å². The Morgan fingerprint density at radius 2 is 1.94 bits per heavy atom. The van der Waals surface area contributed by atoms with E-state index in [-0.39, 0.29) is 29.4 Å². The van der Waals surface area contributed by atoms with Crippen molar-refractivity contribution in [2.75, 3.05) is 30.9 Å². The molecule has 6 atom stereocenters. The van der Waals surface area contributed by atoms with Crippen molar-refractivity contribution in [1.29, 1.82) is 0 Å². The van der Waals surface area contributed by atoms with Crippen LogP contribution in [-0.2, 0) is 45.5 Å². The number of carbonyl (C=O) groups excluding carboxylic acids is 2. The summed E-state index contributed by atoms with van der Waals surface area (Å²) in [6, 6.07) is 13.2. The van der Waals surface area contributed by atoms with Crippen LogP contribution in [0.25, 0.3) is 0 Å². The number of anilines is 1. The van der Waals surface area contributed by atoms with Gasteiger partial charge in [-0.1, -0.05) is 36.7 Å². The van der Waals surface area contributed by atoms with Crippen LogP contribution in [0.4, 0.5) is 5.69 Å². The molecule has 4 aliphatic rings. The van der Waals surface area contributed by atoms with Crippen LogP contribution in [0.1, 0.15) is 83.5 Å². The molecule has 10 nitrogen and oxygen atoms in total. The largest absolute Gasteiger partial charge is 0.491 e. The number of hydrogen-bond acceptors (Lipinski definition) is 7. The number of fused-ring (bicyclic) bond motifs is 4. The number of aryl methyl sites for hydroxylation is 1. The first-order chi connectivity index (χ1) is 25.1. The van der Waals surface area contributed by atoms with Gasteiger partial charge in [0.05, 0.1) is 42.4 Å². The number of ether oxygens (including phenoxy) is 3. The topological polar surface area (TPSA) is 111 Å². The second-order valence-electron chi connectivity index (χ2n) is 14.9. The molecule has 2 bridgehead atoms. The summed E-state index contributed by atoms with van der Waals surface area (Å²) < 4.78 is 41.9. The van der Waals surface area contributed by atoms with Crippen molar-refractivity contribution in [3.05, 3.63) is 93.8 Å². The summed E-state index contributed by atoms with van der Waals surface area (Å²) in [5, 5.41) is 0.715. The number of methoxy groups -OCH3 is 1. The average Bonchev–Trinajstić information content (AvgIpc) is 3.51. The number of nitrogens with one attached hydrogen (secondary N) is 1. The van der Waals surface area contributed by atoms with Crippen molar-refractivity contribution < 1.29 is 28.0 Å². The van der Waals surface area contributed by atoms with Gasteiger partial charge in [0.15, 0.2) is 0 Å². The van der Waals surface area contributed by atoms with Gasteiger partial charge in [-0.2, -0.15) is 0 Å². The molecule has 1 saturated carbocycles. The van der Waals surface area contributed by atoms with Crippen LogP contribution in [0.15, 0.2) is 65.2 Å². The molecule has 0 saturated heterocycles. The van der Waals surface area contributed by atoms with Gasteiger partial charge in [-0.25, -0.2) is 4.21 Å². The molecule has 12 heteroatoms. The standard InChI is InChI=1S/C40H49ClN4O6S/c1-26-7-6-9-37(49-3)35-14-11-31(35)22-45-21-30-10-13-33(41)17-28(30)8-4-5-16-50-38-15-12-29(19-36(38)45)39(46)42-52(48,25-26)43-40(47)32-18-34-24-51-27(2)20-44(34)23-32/h6,9-10,12-13,15,17-19,23,26-27,31,35,37H,4-5,7-8,11,14,16,20-22,24-25H2,1-3H3,(H,42,43,46,47,48)/b9-6+/t26-,27+,31-,35+,37-,52?/m0/s1. The van der Waals surface area contributed by atoms with Crippen LogP contribution in [-0.4, -0.2) is 58.8 Å². The molecule has 1 fully saturated rings. The number of nitrogens with zero attached hydrogens (tertiary/aromatic N) is 3. The van der Waals surface area contributed by atoms with Gasteiger partial charge in [-0.05, 0) is 111 Å². The van der Waals surface area contributed by atoms with Crippen LogP contribution in [0.3, 0.4) is 0 Å². The molecule has 0 radical (unpaired) electrons. The predicted molar refractivity (Wildman–Crippen MR) is 203 cm³/mol. The minimum absolute atomic E-state index is 0.00571. The highest BCUT2D eigenvalue weighted by molar-refractivity contribution is 7.92. The summed E-state index contributed by atoms with van der Waals surface area (Å²) in [6.07, 6.45) is 11.3. The minimum Gasteiger partial charge on any atom is -0.491 e. The average molecular weight is 749 g/mol. The maximum atomic E-state index is 14.7. The van der Waals surface area contributed by atoms with E-state index in [9.17, 15) is 13.8 Å². The Bertz CT molecular complexity index is 1970. The van der Waals surface area contributed by atoms with Crippen molar-refractivity contribution in [2.24, 2.45) is 22.1 Å². The van der Waals surface area contributed by atoms with Gasteiger partial charge in [-0.15, -0.1) is 4.36 Å². The highest BCUT2D eigenvalue weighted by atomic mass is 35.5. The van der Waals surface area contributed by atoms with Gasteiger partial charge in [0.25, 0.3) is 11.8 Å². The van der Waals surface area contributed by atoms with Crippen LogP contribution < -0.4 is 14.4 Å². The van der Waals surface area contributed by atoms with E-state index in [0.29, 0.717) is 60.9 Å². The van der Waals surface area contributed by atoms with Gasteiger partial charge in [0.2, 0.25) is 0 Å². The maximum absolute atomic E-state index is 14.7. The van der Waals surface area contributed by atoms with Crippen molar-refractivity contribution in [3.8, 4) is 5.75 Å². The highest BCUT2D eigenvalue weighted by Crippen LogP contribution is 2.42. The van der Waals surface area contributed by atoms with Crippen LogP contribution in [0.2, 0.25) is 5.02 Å². The van der Waals surface area contributed by atoms with Gasteiger partial charge >= 0.3 is 0 Å². The second-order valence-corrected chi connectivity index (χ2v) is 17.3. The fourth-order valence-electron chi connectivity index (χ4n) is 7.90. The predicted octanol–water partition coefficient (Wildman–Crippen LogP) is 7.37. The first-order valence-corrected chi connectivity index (χ1v) is 20.5. The fourth-order valence-corrected chi connectivity index (χ4v) is 9.99. The zero-order chi connectivity index (χ0) is 36.4. The molecule has 278 valence electrons. The normalized spacial score (nSPS) is 28.7. The summed E-state index contributed by atoms with van der Waals surface area (Å²) >= 11 is 6.48. The number of hydrogen-bond donors (Lipinski definition) is 1. The van der Waals surface area contributed by atoms with E-state index in [4.69, 9.17) is 25.8 Å². The second kappa shape index (κ2) is 15.8. The van der Waals surface area contributed by atoms with Crippen molar-refractivity contribution in [1.82, 2.24) is 9.29 Å². The number of aromatic nitrogens is 1. The number of rotatable bonds is 3.